The van der Waals surface area contributed by atoms with Crippen LogP contribution < -0.4 is 5.32 Å². The van der Waals surface area contributed by atoms with Crippen LogP contribution in [-0.2, 0) is 4.79 Å². The molecule has 0 aliphatic carbocycles. The highest BCUT2D eigenvalue weighted by molar-refractivity contribution is 7.13. The number of benzene rings is 2. The van der Waals surface area contributed by atoms with E-state index in [1.165, 1.54) is 22.5 Å². The van der Waals surface area contributed by atoms with E-state index in [1.54, 1.807) is 0 Å². The van der Waals surface area contributed by atoms with Crippen LogP contribution >= 0.6 is 11.3 Å². The van der Waals surface area contributed by atoms with E-state index in [9.17, 15) is 4.79 Å². The van der Waals surface area contributed by atoms with E-state index in [-0.39, 0.29) is 11.9 Å². The third-order valence-corrected chi connectivity index (χ3v) is 6.11. The van der Waals surface area contributed by atoms with Gasteiger partial charge in [0.05, 0.1) is 18.3 Å². The highest BCUT2D eigenvalue weighted by Gasteiger charge is 2.27. The summed E-state index contributed by atoms with van der Waals surface area (Å²) in [5.74, 6) is 0.00969. The van der Waals surface area contributed by atoms with Gasteiger partial charge >= 0.3 is 0 Å². The van der Waals surface area contributed by atoms with Gasteiger partial charge in [-0.3, -0.25) is 14.6 Å². The molecule has 2 aromatic carbocycles. The highest BCUT2D eigenvalue weighted by atomic mass is 32.1. The number of piperazine rings is 1. The molecule has 3 aromatic rings. The number of rotatable bonds is 6. The molecule has 1 N–H and O–H groups in total. The lowest BCUT2D eigenvalue weighted by atomic mass is 9.96. The first kappa shape index (κ1) is 19.8. The van der Waals surface area contributed by atoms with Crippen LogP contribution in [0.2, 0.25) is 0 Å². The lowest BCUT2D eigenvalue weighted by Gasteiger charge is -2.39. The van der Waals surface area contributed by atoms with E-state index in [0.717, 1.165) is 31.9 Å². The van der Waals surface area contributed by atoms with Crippen LogP contribution in [0.25, 0.3) is 0 Å². The van der Waals surface area contributed by atoms with Gasteiger partial charge in [-0.25, -0.2) is 4.98 Å². The molecule has 0 atom stereocenters. The van der Waals surface area contributed by atoms with Crippen LogP contribution in [-0.4, -0.2) is 53.4 Å². The molecule has 6 heteroatoms. The molecule has 5 nitrogen and oxygen atoms in total. The number of carbonyl (C=O) groups is 1. The summed E-state index contributed by atoms with van der Waals surface area (Å²) in [5.41, 5.74) is 3.56. The minimum Gasteiger partial charge on any atom is -0.301 e. The first-order valence-corrected chi connectivity index (χ1v) is 10.9. The molecule has 1 fully saturated rings. The van der Waals surface area contributed by atoms with Gasteiger partial charge < -0.3 is 5.32 Å². The average molecular weight is 407 g/mol. The van der Waals surface area contributed by atoms with Crippen LogP contribution in [0, 0.1) is 6.92 Å². The molecule has 1 aromatic heterocycles. The molecule has 0 spiro atoms. The maximum atomic E-state index is 12.3. The Morgan fingerprint density at radius 3 is 2.10 bits per heavy atom. The van der Waals surface area contributed by atoms with Crippen molar-refractivity contribution in [2.75, 3.05) is 38.0 Å². The number of hydrogen-bond acceptors (Lipinski definition) is 5. The normalized spacial score (nSPS) is 15.5. The SMILES string of the molecule is Cc1csc(NC(=O)CN2CCN(C(c3ccccc3)c3ccccc3)CC2)n1. The molecular weight excluding hydrogens is 380 g/mol. The average Bonchev–Trinajstić information content (AvgIpc) is 3.15. The van der Waals surface area contributed by atoms with Crippen LogP contribution in [0.1, 0.15) is 22.9 Å². The van der Waals surface area contributed by atoms with Gasteiger partial charge in [0.1, 0.15) is 0 Å². The smallest absolute Gasteiger partial charge is 0.240 e. The van der Waals surface area contributed by atoms with Gasteiger partial charge in [-0.15, -0.1) is 11.3 Å². The Hall–Kier alpha value is -2.54. The highest BCUT2D eigenvalue weighted by Crippen LogP contribution is 2.29. The molecule has 150 valence electrons. The van der Waals surface area contributed by atoms with Gasteiger partial charge in [-0.2, -0.15) is 0 Å². The Balaban J connectivity index is 1.38. The fourth-order valence-corrected chi connectivity index (χ4v) is 4.54. The molecule has 1 saturated heterocycles. The molecule has 2 heterocycles. The Labute approximate surface area is 176 Å². The van der Waals surface area contributed by atoms with Gasteiger partial charge in [0.25, 0.3) is 0 Å². The van der Waals surface area contributed by atoms with Crippen molar-refractivity contribution in [1.29, 1.82) is 0 Å². The quantitative estimate of drug-likeness (QED) is 0.677. The van der Waals surface area contributed by atoms with Crippen molar-refractivity contribution in [3.05, 3.63) is 82.9 Å². The number of nitrogens with one attached hydrogen (secondary N) is 1. The number of amides is 1. The summed E-state index contributed by atoms with van der Waals surface area (Å²) in [6.45, 7) is 5.95. The van der Waals surface area contributed by atoms with E-state index < -0.39 is 0 Å². The molecule has 29 heavy (non-hydrogen) atoms. The number of aryl methyl sites for hydroxylation is 1. The van der Waals surface area contributed by atoms with Crippen LogP contribution in [0.3, 0.4) is 0 Å². The predicted molar refractivity (Wildman–Crippen MR) is 118 cm³/mol. The van der Waals surface area contributed by atoms with Crippen LogP contribution in [0.15, 0.2) is 66.0 Å². The predicted octanol–water partition coefficient (Wildman–Crippen LogP) is 3.80. The number of nitrogens with zero attached hydrogens (tertiary/aromatic N) is 3. The molecule has 0 saturated carbocycles. The topological polar surface area (TPSA) is 48.5 Å². The molecule has 0 unspecified atom stereocenters. The van der Waals surface area contributed by atoms with E-state index in [2.05, 4.69) is 80.8 Å². The van der Waals surface area contributed by atoms with Gasteiger partial charge in [0, 0.05) is 31.6 Å². The molecule has 1 aliphatic rings. The first-order chi connectivity index (χ1) is 14.2. The van der Waals surface area contributed by atoms with Crippen molar-refractivity contribution >= 4 is 22.4 Å². The van der Waals surface area contributed by atoms with E-state index >= 15 is 0 Å². The number of aromatic nitrogens is 1. The second-order valence-corrected chi connectivity index (χ2v) is 8.24. The minimum atomic E-state index is 0.00969. The maximum absolute atomic E-state index is 12.3. The summed E-state index contributed by atoms with van der Waals surface area (Å²) in [6, 6.07) is 21.6. The lowest BCUT2D eigenvalue weighted by Crippen LogP contribution is -2.49. The summed E-state index contributed by atoms with van der Waals surface area (Å²) in [6.07, 6.45) is 0. The Bertz CT molecular complexity index is 881. The van der Waals surface area contributed by atoms with E-state index in [0.29, 0.717) is 11.7 Å². The molecule has 1 aliphatic heterocycles. The monoisotopic (exact) mass is 406 g/mol. The van der Waals surface area contributed by atoms with Crippen molar-refractivity contribution in [2.45, 2.75) is 13.0 Å². The molecule has 1 amide bonds. The van der Waals surface area contributed by atoms with Crippen molar-refractivity contribution in [1.82, 2.24) is 14.8 Å². The molecule has 4 rings (SSSR count). The van der Waals surface area contributed by atoms with E-state index in [4.69, 9.17) is 0 Å². The molecule has 0 radical (unpaired) electrons. The number of anilines is 1. The third kappa shape index (κ3) is 5.09. The summed E-state index contributed by atoms with van der Waals surface area (Å²) < 4.78 is 0. The zero-order valence-corrected chi connectivity index (χ0v) is 17.4. The maximum Gasteiger partial charge on any atom is 0.240 e. The van der Waals surface area contributed by atoms with Crippen molar-refractivity contribution in [2.24, 2.45) is 0 Å². The fourth-order valence-electron chi connectivity index (χ4n) is 3.84. The number of carbonyl (C=O) groups excluding carboxylic acids is 1. The summed E-state index contributed by atoms with van der Waals surface area (Å²) in [4.78, 5) is 21.4. The zero-order chi connectivity index (χ0) is 20.1. The molecular formula is C23H26N4OS. The largest absolute Gasteiger partial charge is 0.301 e. The van der Waals surface area contributed by atoms with Gasteiger partial charge in [0.15, 0.2) is 5.13 Å². The first-order valence-electron chi connectivity index (χ1n) is 9.97. The Morgan fingerprint density at radius 1 is 1.00 bits per heavy atom. The minimum absolute atomic E-state index is 0.00969. The van der Waals surface area contributed by atoms with Gasteiger partial charge in [-0.1, -0.05) is 60.7 Å². The fraction of sp³-hybridized carbons (Fsp3) is 0.304. The van der Waals surface area contributed by atoms with Gasteiger partial charge in [-0.05, 0) is 18.1 Å². The van der Waals surface area contributed by atoms with E-state index in [1.807, 2.05) is 12.3 Å². The lowest BCUT2D eigenvalue weighted by molar-refractivity contribution is -0.117. The summed E-state index contributed by atoms with van der Waals surface area (Å²) >= 11 is 1.47. The van der Waals surface area contributed by atoms with Crippen molar-refractivity contribution < 1.29 is 4.79 Å². The third-order valence-electron chi connectivity index (χ3n) is 5.24. The Kier molecular flexibility index (Phi) is 6.34. The number of hydrogen-bond donors (Lipinski definition) is 1. The second-order valence-electron chi connectivity index (χ2n) is 7.38. The van der Waals surface area contributed by atoms with Crippen LogP contribution in [0.5, 0.6) is 0 Å². The van der Waals surface area contributed by atoms with Gasteiger partial charge in [0.2, 0.25) is 5.91 Å². The second kappa shape index (κ2) is 9.31. The zero-order valence-electron chi connectivity index (χ0n) is 16.6. The standard InChI is InChI=1S/C23H26N4OS/c1-18-17-29-23(24-18)25-21(28)16-26-12-14-27(15-13-26)22(19-8-4-2-5-9-19)20-10-6-3-7-11-20/h2-11,17,22H,12-16H2,1H3,(H,24,25,28). The summed E-state index contributed by atoms with van der Waals surface area (Å²) in [5, 5.41) is 5.53. The van der Waals surface area contributed by atoms with Crippen molar-refractivity contribution in [3.8, 4) is 0 Å². The molecule has 0 bridgehead atoms. The van der Waals surface area contributed by atoms with Crippen molar-refractivity contribution in [3.63, 3.8) is 0 Å². The number of thiazole rings is 1. The van der Waals surface area contributed by atoms with Crippen LogP contribution in [0.4, 0.5) is 5.13 Å². The Morgan fingerprint density at radius 2 is 1.59 bits per heavy atom. The summed E-state index contributed by atoms with van der Waals surface area (Å²) in [7, 11) is 0.